The molecule has 1 aromatic heterocycles. The molecule has 0 amide bonds. The number of aliphatic hydroxyl groups excluding tert-OH is 1. The molecule has 3 heteroatoms. The molecule has 0 saturated heterocycles. The Balaban J connectivity index is 2.72. The fourth-order valence-corrected chi connectivity index (χ4v) is 2.16. The van der Waals surface area contributed by atoms with Crippen LogP contribution in [0.1, 0.15) is 40.6 Å². The van der Waals surface area contributed by atoms with Gasteiger partial charge in [0.15, 0.2) is 0 Å². The highest BCUT2D eigenvalue weighted by Crippen LogP contribution is 2.34. The zero-order valence-corrected chi connectivity index (χ0v) is 8.33. The Bertz CT molecular complexity index is 432. The second-order valence-corrected chi connectivity index (χ2v) is 3.72. The number of nitriles is 1. The SMILES string of the molecule is Cc1nc2c(c(C)c1C#N)C(O)CC2. The van der Waals surface area contributed by atoms with Crippen molar-refractivity contribution >= 4 is 0 Å². The van der Waals surface area contributed by atoms with E-state index in [0.717, 1.165) is 35.4 Å². The molecule has 1 N–H and O–H groups in total. The highest BCUT2D eigenvalue weighted by Gasteiger charge is 2.26. The van der Waals surface area contributed by atoms with Crippen molar-refractivity contribution in [3.8, 4) is 6.07 Å². The normalized spacial score (nSPS) is 19.1. The van der Waals surface area contributed by atoms with Crippen molar-refractivity contribution in [3.05, 3.63) is 28.1 Å². The minimum atomic E-state index is -0.426. The maximum atomic E-state index is 9.72. The van der Waals surface area contributed by atoms with Crippen LogP contribution in [0.15, 0.2) is 0 Å². The summed E-state index contributed by atoms with van der Waals surface area (Å²) < 4.78 is 0. The van der Waals surface area contributed by atoms with Crippen molar-refractivity contribution in [1.82, 2.24) is 4.98 Å². The molecule has 1 heterocycles. The van der Waals surface area contributed by atoms with Gasteiger partial charge in [0.25, 0.3) is 0 Å². The molecular weight excluding hydrogens is 176 g/mol. The van der Waals surface area contributed by atoms with Crippen molar-refractivity contribution in [2.45, 2.75) is 32.8 Å². The van der Waals surface area contributed by atoms with E-state index >= 15 is 0 Å². The average molecular weight is 188 g/mol. The van der Waals surface area contributed by atoms with Crippen molar-refractivity contribution in [2.24, 2.45) is 0 Å². The van der Waals surface area contributed by atoms with E-state index in [1.807, 2.05) is 13.8 Å². The van der Waals surface area contributed by atoms with E-state index in [9.17, 15) is 5.11 Å². The monoisotopic (exact) mass is 188 g/mol. The second-order valence-electron chi connectivity index (χ2n) is 3.72. The van der Waals surface area contributed by atoms with Gasteiger partial charge in [-0.05, 0) is 32.3 Å². The molecule has 0 spiro atoms. The van der Waals surface area contributed by atoms with E-state index in [1.165, 1.54) is 0 Å². The predicted molar refractivity (Wildman–Crippen MR) is 51.7 cm³/mol. The minimum absolute atomic E-state index is 0.426. The molecular formula is C11H12N2O. The Labute approximate surface area is 83.0 Å². The number of aromatic nitrogens is 1. The number of aryl methyl sites for hydroxylation is 2. The van der Waals surface area contributed by atoms with Crippen LogP contribution in [0.5, 0.6) is 0 Å². The van der Waals surface area contributed by atoms with E-state index < -0.39 is 6.10 Å². The van der Waals surface area contributed by atoms with Crippen molar-refractivity contribution in [1.29, 1.82) is 5.26 Å². The molecule has 2 rings (SSSR count). The molecule has 0 aliphatic heterocycles. The second kappa shape index (κ2) is 3.07. The van der Waals surface area contributed by atoms with Gasteiger partial charge in [-0.25, -0.2) is 0 Å². The quantitative estimate of drug-likeness (QED) is 0.672. The maximum absolute atomic E-state index is 9.72. The summed E-state index contributed by atoms with van der Waals surface area (Å²) in [5, 5.41) is 18.7. The summed E-state index contributed by atoms with van der Waals surface area (Å²) in [5.74, 6) is 0. The summed E-state index contributed by atoms with van der Waals surface area (Å²) in [5.41, 5.74) is 4.14. The Morgan fingerprint density at radius 2 is 2.21 bits per heavy atom. The first-order valence-corrected chi connectivity index (χ1v) is 4.73. The first kappa shape index (κ1) is 9.17. The number of hydrogen-bond donors (Lipinski definition) is 1. The zero-order chi connectivity index (χ0) is 10.3. The first-order valence-electron chi connectivity index (χ1n) is 4.73. The van der Waals surface area contributed by atoms with Gasteiger partial charge >= 0.3 is 0 Å². The largest absolute Gasteiger partial charge is 0.388 e. The van der Waals surface area contributed by atoms with Gasteiger partial charge in [-0.1, -0.05) is 0 Å². The van der Waals surface area contributed by atoms with Crippen LogP contribution in [-0.4, -0.2) is 10.1 Å². The molecule has 3 nitrogen and oxygen atoms in total. The molecule has 1 aliphatic carbocycles. The third-order valence-electron chi connectivity index (χ3n) is 2.85. The molecule has 0 saturated carbocycles. The fourth-order valence-electron chi connectivity index (χ4n) is 2.16. The van der Waals surface area contributed by atoms with Crippen LogP contribution in [0, 0.1) is 25.2 Å². The number of fused-ring (bicyclic) bond motifs is 1. The Hall–Kier alpha value is -1.40. The van der Waals surface area contributed by atoms with Crippen LogP contribution in [-0.2, 0) is 6.42 Å². The highest BCUT2D eigenvalue weighted by atomic mass is 16.3. The molecule has 14 heavy (non-hydrogen) atoms. The summed E-state index contributed by atoms with van der Waals surface area (Å²) >= 11 is 0. The number of pyridine rings is 1. The smallest absolute Gasteiger partial charge is 0.101 e. The summed E-state index contributed by atoms with van der Waals surface area (Å²) in [6.45, 7) is 3.73. The molecule has 72 valence electrons. The number of aliphatic hydroxyl groups is 1. The molecule has 0 radical (unpaired) electrons. The van der Waals surface area contributed by atoms with Gasteiger partial charge in [-0.15, -0.1) is 0 Å². The number of nitrogens with zero attached hydrogens (tertiary/aromatic N) is 2. The summed E-state index contributed by atoms with van der Waals surface area (Å²) in [7, 11) is 0. The van der Waals surface area contributed by atoms with Crippen LogP contribution in [0.2, 0.25) is 0 Å². The van der Waals surface area contributed by atoms with Gasteiger partial charge in [0.05, 0.1) is 17.4 Å². The Morgan fingerprint density at radius 3 is 2.86 bits per heavy atom. The third-order valence-corrected chi connectivity index (χ3v) is 2.85. The molecule has 1 atom stereocenters. The molecule has 0 fully saturated rings. The van der Waals surface area contributed by atoms with Gasteiger partial charge in [0.2, 0.25) is 0 Å². The predicted octanol–water partition coefficient (Wildman–Crippen LogP) is 1.55. The van der Waals surface area contributed by atoms with E-state index in [2.05, 4.69) is 11.1 Å². The highest BCUT2D eigenvalue weighted by molar-refractivity contribution is 5.48. The standard InChI is InChI=1S/C11H12N2O/c1-6-8(5-12)7(2)13-9-3-4-10(14)11(6)9/h10,14H,3-4H2,1-2H3. The topological polar surface area (TPSA) is 56.9 Å². The summed E-state index contributed by atoms with van der Waals surface area (Å²) in [6, 6.07) is 2.14. The molecule has 1 aliphatic rings. The fraction of sp³-hybridized carbons (Fsp3) is 0.455. The van der Waals surface area contributed by atoms with Crippen LogP contribution in [0.25, 0.3) is 0 Å². The van der Waals surface area contributed by atoms with Crippen LogP contribution in [0.4, 0.5) is 0 Å². The maximum Gasteiger partial charge on any atom is 0.101 e. The van der Waals surface area contributed by atoms with E-state index in [-0.39, 0.29) is 0 Å². The summed E-state index contributed by atoms with van der Waals surface area (Å²) in [4.78, 5) is 4.35. The van der Waals surface area contributed by atoms with Gasteiger partial charge in [-0.2, -0.15) is 5.26 Å². The van der Waals surface area contributed by atoms with Gasteiger partial charge in [0.1, 0.15) is 6.07 Å². The van der Waals surface area contributed by atoms with Crippen LogP contribution >= 0.6 is 0 Å². The molecule has 1 unspecified atom stereocenters. The zero-order valence-electron chi connectivity index (χ0n) is 8.33. The molecule has 1 aromatic rings. The van der Waals surface area contributed by atoms with Crippen molar-refractivity contribution in [2.75, 3.05) is 0 Å². The van der Waals surface area contributed by atoms with Crippen LogP contribution < -0.4 is 0 Å². The average Bonchev–Trinajstić information content (AvgIpc) is 2.48. The number of rotatable bonds is 0. The van der Waals surface area contributed by atoms with Gasteiger partial charge < -0.3 is 5.11 Å². The Morgan fingerprint density at radius 1 is 1.50 bits per heavy atom. The van der Waals surface area contributed by atoms with Crippen molar-refractivity contribution in [3.63, 3.8) is 0 Å². The van der Waals surface area contributed by atoms with E-state index in [1.54, 1.807) is 0 Å². The third kappa shape index (κ3) is 1.11. The van der Waals surface area contributed by atoms with E-state index in [4.69, 9.17) is 5.26 Å². The molecule has 0 aromatic carbocycles. The van der Waals surface area contributed by atoms with Crippen LogP contribution in [0.3, 0.4) is 0 Å². The lowest BCUT2D eigenvalue weighted by molar-refractivity contribution is 0.179. The summed E-state index contributed by atoms with van der Waals surface area (Å²) in [6.07, 6.45) is 1.13. The van der Waals surface area contributed by atoms with Gasteiger partial charge in [0, 0.05) is 11.3 Å². The Kier molecular flexibility index (Phi) is 2.01. The lowest BCUT2D eigenvalue weighted by atomic mass is 10.0. The first-order chi connectivity index (χ1) is 6.65. The van der Waals surface area contributed by atoms with E-state index in [0.29, 0.717) is 5.56 Å². The lowest BCUT2D eigenvalue weighted by Crippen LogP contribution is -2.02. The lowest BCUT2D eigenvalue weighted by Gasteiger charge is -2.10. The van der Waals surface area contributed by atoms with Crippen molar-refractivity contribution < 1.29 is 5.11 Å². The number of hydrogen-bond acceptors (Lipinski definition) is 3. The minimum Gasteiger partial charge on any atom is -0.388 e. The molecule has 0 bridgehead atoms. The van der Waals surface area contributed by atoms with Gasteiger partial charge in [-0.3, -0.25) is 4.98 Å².